The lowest BCUT2D eigenvalue weighted by Crippen LogP contribution is -2.13. The minimum Gasteiger partial charge on any atom is -0.373 e. The third-order valence-corrected chi connectivity index (χ3v) is 2.84. The molecule has 1 aromatic carbocycles. The lowest BCUT2D eigenvalue weighted by molar-refractivity contribution is 0.102. The van der Waals surface area contributed by atoms with E-state index in [1.165, 1.54) is 12.1 Å². The first kappa shape index (κ1) is 14.0. The van der Waals surface area contributed by atoms with Crippen LogP contribution in [-0.4, -0.2) is 17.9 Å². The third kappa shape index (κ3) is 3.32. The van der Waals surface area contributed by atoms with Crippen LogP contribution in [0.25, 0.3) is 0 Å². The number of hydrogen-bond donors (Lipinski definition) is 2. The molecular formula is C15H16FN3O. The summed E-state index contributed by atoms with van der Waals surface area (Å²) in [6, 6.07) is 9.19. The highest BCUT2D eigenvalue weighted by atomic mass is 19.1. The Bertz CT molecular complexity index is 606. The zero-order valence-electron chi connectivity index (χ0n) is 11.4. The molecule has 0 aliphatic rings. The fourth-order valence-electron chi connectivity index (χ4n) is 1.80. The first-order valence-corrected chi connectivity index (χ1v) is 6.38. The van der Waals surface area contributed by atoms with Crippen LogP contribution in [0.15, 0.2) is 36.4 Å². The second-order valence-corrected chi connectivity index (χ2v) is 4.30. The van der Waals surface area contributed by atoms with Gasteiger partial charge in [-0.1, -0.05) is 13.0 Å². The number of nitrogens with one attached hydrogen (secondary N) is 2. The zero-order valence-corrected chi connectivity index (χ0v) is 11.4. The van der Waals surface area contributed by atoms with Crippen molar-refractivity contribution in [3.63, 3.8) is 0 Å². The van der Waals surface area contributed by atoms with Crippen molar-refractivity contribution in [1.82, 2.24) is 4.98 Å². The van der Waals surface area contributed by atoms with Crippen molar-refractivity contribution >= 4 is 17.4 Å². The molecule has 0 saturated heterocycles. The number of rotatable bonds is 4. The van der Waals surface area contributed by atoms with E-state index in [9.17, 15) is 9.18 Å². The van der Waals surface area contributed by atoms with Crippen molar-refractivity contribution in [1.29, 1.82) is 0 Å². The van der Waals surface area contributed by atoms with Crippen molar-refractivity contribution in [2.45, 2.75) is 13.3 Å². The highest BCUT2D eigenvalue weighted by molar-refractivity contribution is 6.04. The summed E-state index contributed by atoms with van der Waals surface area (Å²) < 4.78 is 13.1. The molecule has 0 bridgehead atoms. The lowest BCUT2D eigenvalue weighted by Gasteiger charge is -2.09. The van der Waals surface area contributed by atoms with Crippen LogP contribution in [0.3, 0.4) is 0 Å². The van der Waals surface area contributed by atoms with Crippen LogP contribution in [0.1, 0.15) is 23.0 Å². The van der Waals surface area contributed by atoms with Gasteiger partial charge in [0.25, 0.3) is 5.91 Å². The monoisotopic (exact) mass is 273 g/mol. The van der Waals surface area contributed by atoms with Crippen molar-refractivity contribution in [2.24, 2.45) is 0 Å². The highest BCUT2D eigenvalue weighted by Gasteiger charge is 2.09. The van der Waals surface area contributed by atoms with Crippen molar-refractivity contribution in [3.05, 3.63) is 53.5 Å². The summed E-state index contributed by atoms with van der Waals surface area (Å²) in [4.78, 5) is 16.5. The van der Waals surface area contributed by atoms with Crippen molar-refractivity contribution < 1.29 is 9.18 Å². The van der Waals surface area contributed by atoms with E-state index in [0.717, 1.165) is 12.1 Å². The quantitative estimate of drug-likeness (QED) is 0.900. The first-order valence-electron chi connectivity index (χ1n) is 6.38. The van der Waals surface area contributed by atoms with Gasteiger partial charge in [-0.25, -0.2) is 9.37 Å². The van der Waals surface area contributed by atoms with Gasteiger partial charge in [0.1, 0.15) is 11.6 Å². The van der Waals surface area contributed by atoms with E-state index >= 15 is 0 Å². The molecule has 1 heterocycles. The van der Waals surface area contributed by atoms with Crippen LogP contribution in [-0.2, 0) is 6.42 Å². The summed E-state index contributed by atoms with van der Waals surface area (Å²) in [5, 5.41) is 5.59. The Morgan fingerprint density at radius 2 is 2.10 bits per heavy atom. The molecule has 1 amide bonds. The van der Waals surface area contributed by atoms with Crippen LogP contribution >= 0.6 is 0 Å². The molecule has 4 nitrogen and oxygen atoms in total. The predicted molar refractivity (Wildman–Crippen MR) is 77.5 cm³/mol. The standard InChI is InChI=1S/C15H16FN3O/c1-3-12-7-10(8-14(17-2)18-12)15(20)19-13-6-4-5-11(16)9-13/h4-9H,3H2,1-2H3,(H,17,18)(H,19,20). The summed E-state index contributed by atoms with van der Waals surface area (Å²) in [6.07, 6.45) is 0.732. The van der Waals surface area contributed by atoms with Gasteiger partial charge in [-0.05, 0) is 36.8 Å². The number of carbonyl (C=O) groups is 1. The van der Waals surface area contributed by atoms with Crippen LogP contribution in [0.5, 0.6) is 0 Å². The molecule has 20 heavy (non-hydrogen) atoms. The van der Waals surface area contributed by atoms with Crippen LogP contribution < -0.4 is 10.6 Å². The molecule has 0 atom stereocenters. The van der Waals surface area contributed by atoms with E-state index in [0.29, 0.717) is 17.1 Å². The molecule has 0 saturated carbocycles. The van der Waals surface area contributed by atoms with Crippen LogP contribution in [0.4, 0.5) is 15.9 Å². The predicted octanol–water partition coefficient (Wildman–Crippen LogP) is 3.08. The van der Waals surface area contributed by atoms with Gasteiger partial charge in [-0.2, -0.15) is 0 Å². The summed E-state index contributed by atoms with van der Waals surface area (Å²) >= 11 is 0. The Hall–Kier alpha value is -2.43. The zero-order chi connectivity index (χ0) is 14.5. The Balaban J connectivity index is 2.24. The number of anilines is 2. The second-order valence-electron chi connectivity index (χ2n) is 4.30. The number of halogens is 1. The minimum absolute atomic E-state index is 0.288. The highest BCUT2D eigenvalue weighted by Crippen LogP contribution is 2.14. The van der Waals surface area contributed by atoms with Gasteiger partial charge in [-0.15, -0.1) is 0 Å². The van der Waals surface area contributed by atoms with Gasteiger partial charge >= 0.3 is 0 Å². The van der Waals surface area contributed by atoms with E-state index in [-0.39, 0.29) is 11.7 Å². The van der Waals surface area contributed by atoms with Gasteiger partial charge in [0.05, 0.1) is 0 Å². The second kappa shape index (κ2) is 6.14. The summed E-state index contributed by atoms with van der Waals surface area (Å²) in [5.41, 5.74) is 1.74. The third-order valence-electron chi connectivity index (χ3n) is 2.84. The van der Waals surface area contributed by atoms with E-state index in [2.05, 4.69) is 15.6 Å². The number of aromatic nitrogens is 1. The molecule has 2 N–H and O–H groups in total. The number of nitrogens with zero attached hydrogens (tertiary/aromatic N) is 1. The molecule has 0 aliphatic carbocycles. The fraction of sp³-hybridized carbons (Fsp3) is 0.200. The minimum atomic E-state index is -0.386. The molecule has 2 rings (SSSR count). The normalized spacial score (nSPS) is 10.2. The van der Waals surface area contributed by atoms with Gasteiger partial charge in [0, 0.05) is 24.0 Å². The number of carbonyl (C=O) groups excluding carboxylic acids is 1. The molecule has 0 fully saturated rings. The van der Waals surface area contributed by atoms with Gasteiger partial charge in [0.15, 0.2) is 0 Å². The van der Waals surface area contributed by atoms with Gasteiger partial charge in [0.2, 0.25) is 0 Å². The van der Waals surface area contributed by atoms with E-state index in [1.807, 2.05) is 6.92 Å². The molecule has 2 aromatic rings. The smallest absolute Gasteiger partial charge is 0.255 e. The van der Waals surface area contributed by atoms with E-state index < -0.39 is 0 Å². The van der Waals surface area contributed by atoms with Crippen LogP contribution in [0, 0.1) is 5.82 Å². The lowest BCUT2D eigenvalue weighted by atomic mass is 10.1. The Kier molecular flexibility index (Phi) is 4.30. The molecular weight excluding hydrogens is 257 g/mol. The number of pyridine rings is 1. The molecule has 0 aliphatic heterocycles. The van der Waals surface area contributed by atoms with E-state index in [4.69, 9.17) is 0 Å². The fourth-order valence-corrected chi connectivity index (χ4v) is 1.80. The average molecular weight is 273 g/mol. The number of hydrogen-bond acceptors (Lipinski definition) is 3. The Morgan fingerprint density at radius 1 is 1.30 bits per heavy atom. The summed E-state index contributed by atoms with van der Waals surface area (Å²) in [6.45, 7) is 1.97. The first-order chi connectivity index (χ1) is 9.62. The maximum atomic E-state index is 13.1. The maximum absolute atomic E-state index is 13.1. The van der Waals surface area contributed by atoms with Crippen LogP contribution in [0.2, 0.25) is 0 Å². The molecule has 0 radical (unpaired) electrons. The van der Waals surface area contributed by atoms with Gasteiger partial charge in [-0.3, -0.25) is 4.79 Å². The number of benzene rings is 1. The molecule has 1 aromatic heterocycles. The summed E-state index contributed by atoms with van der Waals surface area (Å²) in [5.74, 6) is -0.0411. The van der Waals surface area contributed by atoms with Crippen molar-refractivity contribution in [2.75, 3.05) is 17.7 Å². The van der Waals surface area contributed by atoms with Gasteiger partial charge < -0.3 is 10.6 Å². The number of amides is 1. The summed E-state index contributed by atoms with van der Waals surface area (Å²) in [7, 11) is 1.75. The SMILES string of the molecule is CCc1cc(C(=O)Nc2cccc(F)c2)cc(NC)n1. The largest absolute Gasteiger partial charge is 0.373 e. The van der Waals surface area contributed by atoms with E-state index in [1.54, 1.807) is 31.3 Å². The van der Waals surface area contributed by atoms with Crippen molar-refractivity contribution in [3.8, 4) is 0 Å². The Morgan fingerprint density at radius 3 is 2.75 bits per heavy atom. The topological polar surface area (TPSA) is 54.0 Å². The molecule has 104 valence electrons. The molecule has 0 unspecified atom stereocenters. The molecule has 0 spiro atoms. The molecule has 5 heteroatoms. The number of aryl methyl sites for hydroxylation is 1. The maximum Gasteiger partial charge on any atom is 0.255 e. The average Bonchev–Trinajstić information content (AvgIpc) is 2.46. The Labute approximate surface area is 117 Å².